The van der Waals surface area contributed by atoms with Gasteiger partial charge in [-0.3, -0.25) is 4.79 Å². The van der Waals surface area contributed by atoms with Gasteiger partial charge >= 0.3 is 6.09 Å². The minimum atomic E-state index is -0.517. The van der Waals surface area contributed by atoms with Crippen LogP contribution in [0.1, 0.15) is 93.3 Å². The molecule has 1 atom stereocenters. The second-order valence-corrected chi connectivity index (χ2v) is 12.7. The number of nitrogens with zero attached hydrogens (tertiary/aromatic N) is 4. The van der Waals surface area contributed by atoms with E-state index in [9.17, 15) is 9.59 Å². The first-order valence-corrected chi connectivity index (χ1v) is 14.8. The molecule has 0 unspecified atom stereocenters. The summed E-state index contributed by atoms with van der Waals surface area (Å²) >= 11 is 0. The highest BCUT2D eigenvalue weighted by atomic mass is 16.6. The molecule has 3 fully saturated rings. The number of rotatable bonds is 6. The largest absolute Gasteiger partial charge is 0.444 e. The van der Waals surface area contributed by atoms with Crippen LogP contribution in [0.5, 0.6) is 0 Å². The van der Waals surface area contributed by atoms with Crippen molar-refractivity contribution in [2.45, 2.75) is 90.2 Å². The van der Waals surface area contributed by atoms with Crippen molar-refractivity contribution in [2.75, 3.05) is 32.7 Å². The van der Waals surface area contributed by atoms with Crippen molar-refractivity contribution in [3.63, 3.8) is 0 Å². The van der Waals surface area contributed by atoms with E-state index in [4.69, 9.17) is 9.84 Å². The molecule has 2 saturated heterocycles. The lowest BCUT2D eigenvalue weighted by molar-refractivity contribution is 0.0203. The van der Waals surface area contributed by atoms with E-state index in [2.05, 4.69) is 41.4 Å². The molecule has 0 radical (unpaired) electrons. The normalized spacial score (nSPS) is 21.4. The molecule has 3 aliphatic rings. The number of hydrogen-bond donors (Lipinski definition) is 1. The number of piperidine rings is 1. The molecular weight excluding hydrogens is 490 g/mol. The quantitative estimate of drug-likeness (QED) is 0.544. The highest BCUT2D eigenvalue weighted by Crippen LogP contribution is 2.33. The molecular formula is C31H45N5O3. The first-order valence-electron chi connectivity index (χ1n) is 14.8. The average Bonchev–Trinajstić information content (AvgIpc) is 3.68. The molecule has 8 nitrogen and oxygen atoms in total. The second kappa shape index (κ2) is 11.7. The zero-order valence-corrected chi connectivity index (χ0v) is 24.1. The summed E-state index contributed by atoms with van der Waals surface area (Å²) in [6.45, 7) is 11.9. The summed E-state index contributed by atoms with van der Waals surface area (Å²) < 4.78 is 7.52. The van der Waals surface area contributed by atoms with Crippen LogP contribution in [-0.4, -0.2) is 75.9 Å². The standard InChI is InChI=1S/C31H45N5O3/c1-22-9-11-26(12-10-22)36-28(24-14-17-34(18-15-24)30(38)39-31(2,3)4)27(20-33-36)29(37)32-19-23-13-16-35(21-23)25-7-5-6-8-25/h9-12,20,23-25H,5-8,13-19,21H2,1-4H3,(H,32,37)/t23-/m1/s1. The number of aryl methyl sites for hydroxylation is 1. The van der Waals surface area contributed by atoms with Gasteiger partial charge in [-0.2, -0.15) is 5.10 Å². The van der Waals surface area contributed by atoms with Crippen LogP contribution in [0.4, 0.5) is 4.79 Å². The van der Waals surface area contributed by atoms with Crippen LogP contribution in [0.25, 0.3) is 5.69 Å². The van der Waals surface area contributed by atoms with Gasteiger partial charge in [0.15, 0.2) is 0 Å². The molecule has 2 aromatic rings. The summed E-state index contributed by atoms with van der Waals surface area (Å²) in [4.78, 5) is 30.6. The van der Waals surface area contributed by atoms with Gasteiger partial charge in [0.2, 0.25) is 0 Å². The van der Waals surface area contributed by atoms with Crippen molar-refractivity contribution in [3.05, 3.63) is 47.3 Å². The van der Waals surface area contributed by atoms with E-state index in [0.717, 1.165) is 49.8 Å². The van der Waals surface area contributed by atoms with Crippen LogP contribution in [0.15, 0.2) is 30.5 Å². The van der Waals surface area contributed by atoms with E-state index in [1.807, 2.05) is 25.5 Å². The van der Waals surface area contributed by atoms with E-state index >= 15 is 0 Å². The minimum Gasteiger partial charge on any atom is -0.444 e. The maximum absolute atomic E-state index is 13.6. The molecule has 1 aliphatic carbocycles. The first-order chi connectivity index (χ1) is 18.7. The Hall–Kier alpha value is -2.87. The van der Waals surface area contributed by atoms with Gasteiger partial charge in [0.25, 0.3) is 5.91 Å². The summed E-state index contributed by atoms with van der Waals surface area (Å²) in [5.74, 6) is 0.581. The average molecular weight is 536 g/mol. The smallest absolute Gasteiger partial charge is 0.410 e. The van der Waals surface area contributed by atoms with Gasteiger partial charge in [0, 0.05) is 38.1 Å². The maximum atomic E-state index is 13.6. The zero-order valence-electron chi connectivity index (χ0n) is 24.1. The van der Waals surface area contributed by atoms with Crippen LogP contribution in [0, 0.1) is 12.8 Å². The Labute approximate surface area is 233 Å². The lowest BCUT2D eigenvalue weighted by Crippen LogP contribution is -2.41. The zero-order chi connectivity index (χ0) is 27.6. The van der Waals surface area contributed by atoms with Crippen LogP contribution in [-0.2, 0) is 4.74 Å². The number of hydrogen-bond acceptors (Lipinski definition) is 5. The van der Waals surface area contributed by atoms with Crippen molar-refractivity contribution < 1.29 is 14.3 Å². The highest BCUT2D eigenvalue weighted by Gasteiger charge is 2.33. The molecule has 0 spiro atoms. The van der Waals surface area contributed by atoms with Crippen molar-refractivity contribution >= 4 is 12.0 Å². The summed E-state index contributed by atoms with van der Waals surface area (Å²) in [6.07, 6.45) is 9.49. The molecule has 0 bridgehead atoms. The topological polar surface area (TPSA) is 79.7 Å². The Morgan fingerprint density at radius 2 is 1.69 bits per heavy atom. The minimum absolute atomic E-state index is 0.0442. The summed E-state index contributed by atoms with van der Waals surface area (Å²) in [5, 5.41) is 7.96. The number of nitrogens with one attached hydrogen (secondary N) is 1. The Morgan fingerprint density at radius 1 is 1.00 bits per heavy atom. The molecule has 1 saturated carbocycles. The molecule has 212 valence electrons. The molecule has 5 rings (SSSR count). The van der Waals surface area contributed by atoms with Gasteiger partial charge in [0.05, 0.1) is 23.1 Å². The number of likely N-dealkylation sites (tertiary alicyclic amines) is 2. The predicted molar refractivity (Wildman–Crippen MR) is 152 cm³/mol. The van der Waals surface area contributed by atoms with Gasteiger partial charge in [-0.25, -0.2) is 9.48 Å². The lowest BCUT2D eigenvalue weighted by Gasteiger charge is -2.34. The monoisotopic (exact) mass is 535 g/mol. The molecule has 1 aromatic carbocycles. The fourth-order valence-corrected chi connectivity index (χ4v) is 6.44. The third kappa shape index (κ3) is 6.65. The summed E-state index contributed by atoms with van der Waals surface area (Å²) in [6, 6.07) is 9.00. The van der Waals surface area contributed by atoms with Crippen molar-refractivity contribution in [2.24, 2.45) is 5.92 Å². The molecule has 1 N–H and O–H groups in total. The molecule has 39 heavy (non-hydrogen) atoms. The molecule has 3 heterocycles. The second-order valence-electron chi connectivity index (χ2n) is 12.7. The maximum Gasteiger partial charge on any atom is 0.410 e. The first kappa shape index (κ1) is 27.7. The van der Waals surface area contributed by atoms with E-state index in [-0.39, 0.29) is 17.9 Å². The Balaban J connectivity index is 1.28. The van der Waals surface area contributed by atoms with Gasteiger partial charge in [-0.05, 0) is 84.4 Å². The summed E-state index contributed by atoms with van der Waals surface area (Å²) in [5.41, 5.74) is 3.21. The van der Waals surface area contributed by atoms with Gasteiger partial charge in [-0.1, -0.05) is 30.5 Å². The van der Waals surface area contributed by atoms with E-state index < -0.39 is 5.60 Å². The van der Waals surface area contributed by atoms with Gasteiger partial charge in [0.1, 0.15) is 5.60 Å². The van der Waals surface area contributed by atoms with Gasteiger partial charge in [-0.15, -0.1) is 0 Å². The molecule has 8 heteroatoms. The van der Waals surface area contributed by atoms with Gasteiger partial charge < -0.3 is 19.9 Å². The fraction of sp³-hybridized carbons (Fsp3) is 0.645. The van der Waals surface area contributed by atoms with Crippen LogP contribution < -0.4 is 5.32 Å². The van der Waals surface area contributed by atoms with E-state index in [1.54, 1.807) is 11.1 Å². The molecule has 2 amide bonds. The van der Waals surface area contributed by atoms with Crippen LogP contribution in [0.3, 0.4) is 0 Å². The molecule has 1 aromatic heterocycles. The Morgan fingerprint density at radius 3 is 2.36 bits per heavy atom. The number of aromatic nitrogens is 2. The molecule has 2 aliphatic heterocycles. The van der Waals surface area contributed by atoms with E-state index in [0.29, 0.717) is 31.1 Å². The van der Waals surface area contributed by atoms with Crippen molar-refractivity contribution in [1.29, 1.82) is 0 Å². The van der Waals surface area contributed by atoms with Crippen LogP contribution >= 0.6 is 0 Å². The third-order valence-corrected chi connectivity index (χ3v) is 8.57. The number of amides is 2. The SMILES string of the molecule is Cc1ccc(-n2ncc(C(=O)NC[C@H]3CCN(C4CCCC4)C3)c2C2CCN(C(=O)OC(C)(C)C)CC2)cc1. The summed E-state index contributed by atoms with van der Waals surface area (Å²) in [7, 11) is 0. The fourth-order valence-electron chi connectivity index (χ4n) is 6.44. The number of ether oxygens (including phenoxy) is 1. The highest BCUT2D eigenvalue weighted by molar-refractivity contribution is 5.95. The van der Waals surface area contributed by atoms with E-state index in [1.165, 1.54) is 31.2 Å². The number of benzene rings is 1. The van der Waals surface area contributed by atoms with Crippen molar-refractivity contribution in [3.8, 4) is 5.69 Å². The Bertz CT molecular complexity index is 1140. The number of carbonyl (C=O) groups is 2. The van der Waals surface area contributed by atoms with Crippen LogP contribution in [0.2, 0.25) is 0 Å². The lowest BCUT2D eigenvalue weighted by atomic mass is 9.90. The Kier molecular flexibility index (Phi) is 8.31. The predicted octanol–water partition coefficient (Wildman–Crippen LogP) is 5.29. The number of carbonyl (C=O) groups excluding carboxylic acids is 2. The van der Waals surface area contributed by atoms with Crippen molar-refractivity contribution in [1.82, 2.24) is 24.9 Å². The third-order valence-electron chi connectivity index (χ3n) is 8.57.